The Morgan fingerprint density at radius 2 is 1.33 bits per heavy atom. The smallest absolute Gasteiger partial charge is 0.0592 e. The van der Waals surface area contributed by atoms with Crippen LogP contribution in [0, 0.1) is 0 Å². The first kappa shape index (κ1) is 12.0. The Morgan fingerprint density at radius 3 is 1.50 bits per heavy atom. The highest BCUT2D eigenvalue weighted by Crippen LogP contribution is 2.19. The summed E-state index contributed by atoms with van der Waals surface area (Å²) in [6.07, 6.45) is 0. The van der Waals surface area contributed by atoms with Crippen LogP contribution in [-0.4, -0.2) is 10.2 Å². The quantitative estimate of drug-likeness (QED) is 0.590. The largest absolute Gasteiger partial charge is 0.0827 e. The van der Waals surface area contributed by atoms with E-state index in [9.17, 15) is 0 Å². The highest BCUT2D eigenvalue weighted by atomic mass is 35.5. The van der Waals surface area contributed by atoms with Crippen LogP contribution in [-0.2, 0) is 0 Å². The van der Waals surface area contributed by atoms with Gasteiger partial charge >= 0.3 is 0 Å². The van der Waals surface area contributed by atoms with Gasteiger partial charge in [-0.1, -0.05) is 54.7 Å². The molecule has 0 fully saturated rings. The van der Waals surface area contributed by atoms with Crippen LogP contribution in [0.1, 0.15) is 13.8 Å². The Balaban J connectivity index is 0.000000261. The molecule has 0 saturated heterocycles. The second-order valence-electron chi connectivity index (χ2n) is 3.15. The molecule has 0 bridgehead atoms. The fraction of sp³-hybridized carbons (Fsp3) is 0.333. The summed E-state index contributed by atoms with van der Waals surface area (Å²) in [5, 5.41) is 1.21. The molecule has 0 unspecified atom stereocenters. The molecule has 0 radical (unpaired) electrons. The monoisotopic (exact) mass is 220 g/mol. The minimum absolute atomic E-state index is 0.606. The zero-order valence-corrected chi connectivity index (χ0v) is 11.2. The minimum atomic E-state index is 0.606. The molecular weight excluding hydrogens is 207 g/mol. The molecule has 0 N–H and O–H groups in total. The van der Waals surface area contributed by atoms with E-state index in [0.717, 1.165) is 5.54 Å². The first-order chi connectivity index (χ1) is 5.54. The molecule has 0 aromatic heterocycles. The number of hydrogen-bond donors (Lipinski definition) is 0. The molecule has 0 aliphatic rings. The number of benzene rings is 1. The number of hydrogen-bond acceptors (Lipinski definition) is 0. The van der Waals surface area contributed by atoms with Crippen LogP contribution < -0.4 is 0 Å². The maximum absolute atomic E-state index is 5.58. The second kappa shape index (κ2) is 6.52. The maximum atomic E-state index is 5.58. The average molecular weight is 221 g/mol. The molecule has 0 heterocycles. The molecule has 0 aliphatic heterocycles. The van der Waals surface area contributed by atoms with Crippen molar-refractivity contribution in [1.82, 2.24) is 0 Å². The predicted molar refractivity (Wildman–Crippen MR) is 61.5 cm³/mol. The summed E-state index contributed by atoms with van der Waals surface area (Å²) >= 11 is 11.2. The van der Waals surface area contributed by atoms with Crippen molar-refractivity contribution in [2.45, 2.75) is 19.4 Å². The van der Waals surface area contributed by atoms with E-state index in [2.05, 4.69) is 13.8 Å². The molecule has 1 aromatic rings. The normalized spacial score (nSPS) is 9.42. The van der Waals surface area contributed by atoms with E-state index in [1.807, 2.05) is 12.1 Å². The molecule has 0 amide bonds. The Kier molecular flexibility index (Phi) is 6.53. The van der Waals surface area contributed by atoms with Gasteiger partial charge in [0.15, 0.2) is 0 Å². The summed E-state index contributed by atoms with van der Waals surface area (Å²) in [6, 6.07) is 7.19. The molecule has 0 atom stereocenters. The van der Waals surface area contributed by atoms with Crippen LogP contribution in [0.25, 0.3) is 0 Å². The van der Waals surface area contributed by atoms with Crippen LogP contribution in [0.5, 0.6) is 0 Å². The topological polar surface area (TPSA) is 0 Å². The second-order valence-corrected chi connectivity index (χ2v) is 6.27. The van der Waals surface area contributed by atoms with Crippen LogP contribution in [0.3, 0.4) is 0 Å². The van der Waals surface area contributed by atoms with Gasteiger partial charge in [-0.2, -0.15) is 0 Å². The molecule has 68 valence electrons. The van der Waals surface area contributed by atoms with Gasteiger partial charge in [-0.15, -0.1) is 0 Å². The highest BCUT2D eigenvalue weighted by molar-refractivity contribution is 6.41. The highest BCUT2D eigenvalue weighted by Gasteiger charge is 1.89. The van der Waals surface area contributed by atoms with Crippen molar-refractivity contribution >= 4 is 33.4 Å². The SMILES string of the molecule is CC(C)[SiH3].Clc1ccccc1Cl. The van der Waals surface area contributed by atoms with E-state index < -0.39 is 0 Å². The number of halogens is 2. The fourth-order valence-corrected chi connectivity index (χ4v) is 0.711. The first-order valence-electron chi connectivity index (χ1n) is 3.94. The van der Waals surface area contributed by atoms with Gasteiger partial charge in [0.25, 0.3) is 0 Å². The van der Waals surface area contributed by atoms with E-state index in [4.69, 9.17) is 23.2 Å². The van der Waals surface area contributed by atoms with E-state index in [1.165, 1.54) is 10.2 Å². The molecule has 3 heteroatoms. The van der Waals surface area contributed by atoms with E-state index in [1.54, 1.807) is 12.1 Å². The Bertz CT molecular complexity index is 200. The van der Waals surface area contributed by atoms with Gasteiger partial charge in [0.1, 0.15) is 0 Å². The van der Waals surface area contributed by atoms with Gasteiger partial charge in [0.05, 0.1) is 10.0 Å². The van der Waals surface area contributed by atoms with Crippen molar-refractivity contribution in [3.05, 3.63) is 34.3 Å². The third-order valence-electron chi connectivity index (χ3n) is 0.824. The summed E-state index contributed by atoms with van der Waals surface area (Å²) in [5.74, 6) is 0. The Labute approximate surface area is 87.3 Å². The average Bonchev–Trinajstić information content (AvgIpc) is 1.94. The lowest BCUT2D eigenvalue weighted by Crippen LogP contribution is -1.67. The Hall–Kier alpha value is 0.0169. The lowest BCUT2D eigenvalue weighted by Gasteiger charge is -1.88. The molecule has 0 spiro atoms. The molecule has 1 rings (SSSR count). The van der Waals surface area contributed by atoms with Gasteiger partial charge < -0.3 is 0 Å². The van der Waals surface area contributed by atoms with Crippen molar-refractivity contribution in [2.75, 3.05) is 0 Å². The molecular formula is C9H14Cl2Si. The van der Waals surface area contributed by atoms with Crippen molar-refractivity contribution < 1.29 is 0 Å². The van der Waals surface area contributed by atoms with E-state index >= 15 is 0 Å². The van der Waals surface area contributed by atoms with Crippen LogP contribution in [0.15, 0.2) is 24.3 Å². The summed E-state index contributed by atoms with van der Waals surface area (Å²) in [5.41, 5.74) is 0.972. The summed E-state index contributed by atoms with van der Waals surface area (Å²) in [7, 11) is 1.35. The minimum Gasteiger partial charge on any atom is -0.0827 e. The maximum Gasteiger partial charge on any atom is 0.0592 e. The molecule has 0 nitrogen and oxygen atoms in total. The van der Waals surface area contributed by atoms with Crippen LogP contribution >= 0.6 is 23.2 Å². The van der Waals surface area contributed by atoms with E-state index in [0.29, 0.717) is 10.0 Å². The van der Waals surface area contributed by atoms with Gasteiger partial charge in [0.2, 0.25) is 0 Å². The molecule has 0 aliphatic carbocycles. The lowest BCUT2D eigenvalue weighted by atomic mass is 10.4. The van der Waals surface area contributed by atoms with Crippen molar-refractivity contribution in [3.8, 4) is 0 Å². The summed E-state index contributed by atoms with van der Waals surface area (Å²) in [4.78, 5) is 0. The summed E-state index contributed by atoms with van der Waals surface area (Å²) in [6.45, 7) is 4.46. The van der Waals surface area contributed by atoms with E-state index in [-0.39, 0.29) is 0 Å². The molecule has 1 aromatic carbocycles. The first-order valence-corrected chi connectivity index (χ1v) is 5.85. The van der Waals surface area contributed by atoms with Crippen molar-refractivity contribution in [3.63, 3.8) is 0 Å². The van der Waals surface area contributed by atoms with Crippen molar-refractivity contribution in [2.24, 2.45) is 0 Å². The van der Waals surface area contributed by atoms with Crippen molar-refractivity contribution in [1.29, 1.82) is 0 Å². The molecule has 0 saturated carbocycles. The zero-order chi connectivity index (χ0) is 9.56. The fourth-order valence-electron chi connectivity index (χ4n) is 0.439. The van der Waals surface area contributed by atoms with Gasteiger partial charge in [-0.3, -0.25) is 0 Å². The third-order valence-corrected chi connectivity index (χ3v) is 1.58. The van der Waals surface area contributed by atoms with Gasteiger partial charge in [-0.25, -0.2) is 0 Å². The van der Waals surface area contributed by atoms with Crippen LogP contribution in [0.4, 0.5) is 0 Å². The van der Waals surface area contributed by atoms with Crippen LogP contribution in [0.2, 0.25) is 15.6 Å². The zero-order valence-electron chi connectivity index (χ0n) is 7.64. The molecule has 12 heavy (non-hydrogen) atoms. The third kappa shape index (κ3) is 6.71. The van der Waals surface area contributed by atoms with Gasteiger partial charge in [0, 0.05) is 10.2 Å². The Morgan fingerprint density at radius 1 is 1.08 bits per heavy atom. The standard InChI is InChI=1S/C6H4Cl2.C3H10Si/c7-5-3-1-2-4-6(5)8;1-3(2)4/h1-4H;3H,1-2,4H3. The number of rotatable bonds is 0. The lowest BCUT2D eigenvalue weighted by molar-refractivity contribution is 1.08. The predicted octanol–water partition coefficient (Wildman–Crippen LogP) is 3.17. The summed E-state index contributed by atoms with van der Waals surface area (Å²) < 4.78 is 0. The van der Waals surface area contributed by atoms with Gasteiger partial charge in [-0.05, 0) is 12.1 Å².